The monoisotopic (exact) mass is 502 g/mol. The van der Waals surface area contributed by atoms with E-state index >= 15 is 0 Å². The highest BCUT2D eigenvalue weighted by Crippen LogP contribution is 2.35. The lowest BCUT2D eigenvalue weighted by Gasteiger charge is -2.20. The Morgan fingerprint density at radius 1 is 1.33 bits per heavy atom. The van der Waals surface area contributed by atoms with Crippen LogP contribution in [0.2, 0.25) is 0 Å². The van der Waals surface area contributed by atoms with E-state index in [2.05, 4.69) is 4.72 Å². The van der Waals surface area contributed by atoms with Gasteiger partial charge in [0.25, 0.3) is 5.56 Å². The van der Waals surface area contributed by atoms with Crippen LogP contribution in [-0.2, 0) is 29.4 Å². The Bertz CT molecular complexity index is 1090. The lowest BCUT2D eigenvalue weighted by molar-refractivity contribution is 0.599. The highest BCUT2D eigenvalue weighted by molar-refractivity contribution is 14.1. The van der Waals surface area contributed by atoms with Gasteiger partial charge in [0.15, 0.2) is 0 Å². The van der Waals surface area contributed by atoms with Crippen LogP contribution in [0.25, 0.3) is 0 Å². The zero-order valence-electron chi connectivity index (χ0n) is 14.9. The molecule has 2 heterocycles. The van der Waals surface area contributed by atoms with Gasteiger partial charge in [-0.25, -0.2) is 12.8 Å². The Hall–Kier alpha value is -1.42. The first-order chi connectivity index (χ1) is 12.8. The van der Waals surface area contributed by atoms with Crippen molar-refractivity contribution in [2.24, 2.45) is 0 Å². The van der Waals surface area contributed by atoms with Gasteiger partial charge in [0.05, 0.1) is 10.9 Å². The van der Waals surface area contributed by atoms with Crippen LogP contribution in [0.5, 0.6) is 0 Å². The number of hydrogen-bond donors (Lipinski definition) is 1. The summed E-state index contributed by atoms with van der Waals surface area (Å²) in [7, 11) is -3.48. The topological polar surface area (TPSA) is 68.2 Å². The molecular formula is C19H20FIN2O3S. The Morgan fingerprint density at radius 2 is 2.07 bits per heavy atom. The summed E-state index contributed by atoms with van der Waals surface area (Å²) >= 11 is 2.04. The van der Waals surface area contributed by atoms with Crippen LogP contribution >= 0.6 is 22.6 Å². The van der Waals surface area contributed by atoms with Crippen molar-refractivity contribution < 1.29 is 12.8 Å². The SMILES string of the molecule is Cc1c(Cc2ccc(I)cc2F)c(NS(=O)(=O)C2CC2)c2n(c1=O)CCC2. The fourth-order valence-corrected chi connectivity index (χ4v) is 5.55. The van der Waals surface area contributed by atoms with Gasteiger partial charge in [-0.1, -0.05) is 6.07 Å². The third kappa shape index (κ3) is 3.53. The van der Waals surface area contributed by atoms with Gasteiger partial charge in [0, 0.05) is 27.8 Å². The molecule has 0 amide bonds. The predicted octanol–water partition coefficient (Wildman–Crippen LogP) is 3.34. The third-order valence-electron chi connectivity index (χ3n) is 5.32. The number of fused-ring (bicyclic) bond motifs is 1. The number of benzene rings is 1. The van der Waals surface area contributed by atoms with E-state index in [1.807, 2.05) is 28.7 Å². The third-order valence-corrected chi connectivity index (χ3v) is 7.83. The number of rotatable bonds is 5. The molecule has 0 bridgehead atoms. The lowest BCUT2D eigenvalue weighted by atomic mass is 9.98. The first-order valence-electron chi connectivity index (χ1n) is 8.98. The minimum atomic E-state index is -3.48. The summed E-state index contributed by atoms with van der Waals surface area (Å²) in [5.41, 5.74) is 2.60. The first kappa shape index (κ1) is 18.9. The van der Waals surface area contributed by atoms with Gasteiger partial charge in [-0.2, -0.15) is 0 Å². The smallest absolute Gasteiger partial charge is 0.254 e. The summed E-state index contributed by atoms with van der Waals surface area (Å²) in [5.74, 6) is -0.349. The second-order valence-corrected chi connectivity index (χ2v) is 10.5. The van der Waals surface area contributed by atoms with Crippen LogP contribution in [0, 0.1) is 16.3 Å². The molecule has 1 aromatic carbocycles. The molecule has 144 valence electrons. The molecule has 2 aromatic rings. The summed E-state index contributed by atoms with van der Waals surface area (Å²) in [6.45, 7) is 2.29. The second kappa shape index (κ2) is 6.88. The average Bonchev–Trinajstić information content (AvgIpc) is 3.36. The summed E-state index contributed by atoms with van der Waals surface area (Å²) in [5, 5.41) is -0.366. The molecule has 0 spiro atoms. The standard InChI is InChI=1S/C19H20FIN2O3S/c1-11-15(9-12-4-5-13(21)10-16(12)20)18(22-27(25,26)14-6-7-14)17-3-2-8-23(17)19(11)24/h4-5,10,14,22H,2-3,6-9H2,1H3. The van der Waals surface area contributed by atoms with Crippen molar-refractivity contribution in [1.82, 2.24) is 4.57 Å². The molecular weight excluding hydrogens is 482 g/mol. The number of nitrogens with zero attached hydrogens (tertiary/aromatic N) is 1. The van der Waals surface area contributed by atoms with Gasteiger partial charge in [-0.3, -0.25) is 9.52 Å². The average molecular weight is 502 g/mol. The Kier molecular flexibility index (Phi) is 4.82. The number of aromatic nitrogens is 1. The van der Waals surface area contributed by atoms with E-state index in [1.165, 1.54) is 6.07 Å². The summed E-state index contributed by atoms with van der Waals surface area (Å²) in [6, 6.07) is 4.95. The molecule has 5 nitrogen and oxygen atoms in total. The van der Waals surface area contributed by atoms with E-state index in [4.69, 9.17) is 0 Å². The molecule has 1 N–H and O–H groups in total. The van der Waals surface area contributed by atoms with Crippen molar-refractivity contribution in [3.63, 3.8) is 0 Å². The minimum absolute atomic E-state index is 0.113. The van der Waals surface area contributed by atoms with E-state index in [0.29, 0.717) is 48.2 Å². The van der Waals surface area contributed by atoms with E-state index < -0.39 is 10.0 Å². The van der Waals surface area contributed by atoms with Crippen molar-refractivity contribution >= 4 is 38.3 Å². The van der Waals surface area contributed by atoms with Crippen molar-refractivity contribution in [1.29, 1.82) is 0 Å². The Morgan fingerprint density at radius 3 is 2.74 bits per heavy atom. The Balaban J connectivity index is 1.86. The van der Waals surface area contributed by atoms with Crippen molar-refractivity contribution in [3.05, 3.63) is 60.3 Å². The quantitative estimate of drug-likeness (QED) is 0.638. The molecule has 8 heteroatoms. The maximum absolute atomic E-state index is 14.4. The van der Waals surface area contributed by atoms with E-state index in [1.54, 1.807) is 17.6 Å². The maximum Gasteiger partial charge on any atom is 0.254 e. The van der Waals surface area contributed by atoms with Crippen LogP contribution < -0.4 is 10.3 Å². The largest absolute Gasteiger partial charge is 0.310 e. The van der Waals surface area contributed by atoms with E-state index in [-0.39, 0.29) is 23.0 Å². The summed E-state index contributed by atoms with van der Waals surface area (Å²) < 4.78 is 44.8. The number of halogens is 2. The zero-order valence-corrected chi connectivity index (χ0v) is 17.9. The molecule has 1 aliphatic heterocycles. The van der Waals surface area contributed by atoms with Gasteiger partial charge >= 0.3 is 0 Å². The number of hydrogen-bond acceptors (Lipinski definition) is 3. The molecule has 27 heavy (non-hydrogen) atoms. The predicted molar refractivity (Wildman–Crippen MR) is 111 cm³/mol. The number of pyridine rings is 1. The lowest BCUT2D eigenvalue weighted by Crippen LogP contribution is -2.28. The normalized spacial score (nSPS) is 16.4. The first-order valence-corrected chi connectivity index (χ1v) is 11.6. The molecule has 2 aliphatic rings. The molecule has 1 aromatic heterocycles. The second-order valence-electron chi connectivity index (χ2n) is 7.24. The van der Waals surface area contributed by atoms with Gasteiger partial charge in [-0.15, -0.1) is 0 Å². The molecule has 0 unspecified atom stereocenters. The molecule has 4 rings (SSSR count). The van der Waals surface area contributed by atoms with Crippen molar-refractivity contribution in [3.8, 4) is 0 Å². The number of sulfonamides is 1. The highest BCUT2D eigenvalue weighted by Gasteiger charge is 2.37. The fraction of sp³-hybridized carbons (Fsp3) is 0.421. The molecule has 0 radical (unpaired) electrons. The molecule has 1 fully saturated rings. The number of nitrogens with one attached hydrogen (secondary N) is 1. The summed E-state index contributed by atoms with van der Waals surface area (Å²) in [4.78, 5) is 12.8. The van der Waals surface area contributed by atoms with Crippen molar-refractivity contribution in [2.75, 3.05) is 4.72 Å². The van der Waals surface area contributed by atoms with Crippen LogP contribution in [0.4, 0.5) is 10.1 Å². The maximum atomic E-state index is 14.4. The minimum Gasteiger partial charge on any atom is -0.310 e. The van der Waals surface area contributed by atoms with Crippen LogP contribution in [-0.4, -0.2) is 18.2 Å². The fourth-order valence-electron chi connectivity index (χ4n) is 3.65. The van der Waals surface area contributed by atoms with Gasteiger partial charge in [-0.05, 0) is 78.5 Å². The van der Waals surface area contributed by atoms with Gasteiger partial charge in [0.1, 0.15) is 5.82 Å². The zero-order chi connectivity index (χ0) is 19.3. The molecule has 0 atom stereocenters. The van der Waals surface area contributed by atoms with Crippen LogP contribution in [0.15, 0.2) is 23.0 Å². The van der Waals surface area contributed by atoms with Crippen LogP contribution in [0.3, 0.4) is 0 Å². The van der Waals surface area contributed by atoms with Crippen molar-refractivity contribution in [2.45, 2.75) is 50.8 Å². The summed E-state index contributed by atoms with van der Waals surface area (Å²) in [6.07, 6.45) is 2.93. The van der Waals surface area contributed by atoms with E-state index in [9.17, 15) is 17.6 Å². The molecule has 1 saturated carbocycles. The van der Waals surface area contributed by atoms with Gasteiger partial charge in [0.2, 0.25) is 10.0 Å². The molecule has 0 saturated heterocycles. The van der Waals surface area contributed by atoms with Crippen LogP contribution in [0.1, 0.15) is 41.6 Å². The van der Waals surface area contributed by atoms with Gasteiger partial charge < -0.3 is 4.57 Å². The highest BCUT2D eigenvalue weighted by atomic mass is 127. The Labute approximate surface area is 171 Å². The van der Waals surface area contributed by atoms with E-state index in [0.717, 1.165) is 15.7 Å². The number of anilines is 1. The molecule has 1 aliphatic carbocycles.